The molecule has 3 heteroatoms. The summed E-state index contributed by atoms with van der Waals surface area (Å²) < 4.78 is 0. The molecule has 4 rings (SSSR count). The van der Waals surface area contributed by atoms with Crippen LogP contribution in [0.4, 0.5) is 0 Å². The number of nitrogens with zero attached hydrogens (tertiary/aromatic N) is 2. The molecule has 0 radical (unpaired) electrons. The summed E-state index contributed by atoms with van der Waals surface area (Å²) in [5.74, 6) is 0.0264. The number of hydrogen-bond donors (Lipinski definition) is 0. The number of fused-ring (bicyclic) bond motifs is 1. The molecular weight excluding hydrogens is 332 g/mol. The molecule has 0 aliphatic heterocycles. The Hall–Kier alpha value is -3.33. The van der Waals surface area contributed by atoms with Crippen molar-refractivity contribution in [2.24, 2.45) is 0 Å². The van der Waals surface area contributed by atoms with Crippen molar-refractivity contribution in [2.75, 3.05) is 0 Å². The molecule has 4 aromatic rings. The number of Topliss-reactive ketones (excluding diaryl/α,β-unsaturated/α-hetero) is 1. The number of hydrogen-bond acceptors (Lipinski definition) is 3. The number of aromatic nitrogens is 2. The standard InChI is InChI=1S/C24H20N2O/c1-15-8-11-18(12-9-15)23-24(26-22-7-5-4-6-21(22)25-23)19-13-10-16(2)14-20(19)17(3)27/h4-14H,1-3H3. The van der Waals surface area contributed by atoms with Gasteiger partial charge < -0.3 is 0 Å². The lowest BCUT2D eigenvalue weighted by atomic mass is 9.95. The van der Waals surface area contributed by atoms with Gasteiger partial charge in [-0.15, -0.1) is 0 Å². The van der Waals surface area contributed by atoms with Gasteiger partial charge in [0.05, 0.1) is 22.4 Å². The average Bonchev–Trinajstić information content (AvgIpc) is 2.67. The molecule has 0 fully saturated rings. The molecule has 0 atom stereocenters. The highest BCUT2D eigenvalue weighted by atomic mass is 16.1. The molecule has 0 aliphatic carbocycles. The number of ketones is 1. The fourth-order valence-electron chi connectivity index (χ4n) is 3.26. The van der Waals surface area contributed by atoms with Crippen LogP contribution in [0.1, 0.15) is 28.4 Å². The topological polar surface area (TPSA) is 42.9 Å². The first kappa shape index (κ1) is 17.1. The van der Waals surface area contributed by atoms with Gasteiger partial charge in [0.15, 0.2) is 5.78 Å². The fourth-order valence-corrected chi connectivity index (χ4v) is 3.26. The lowest BCUT2D eigenvalue weighted by molar-refractivity contribution is 0.101. The lowest BCUT2D eigenvalue weighted by Gasteiger charge is -2.13. The predicted molar refractivity (Wildman–Crippen MR) is 110 cm³/mol. The zero-order valence-corrected chi connectivity index (χ0v) is 15.7. The van der Waals surface area contributed by atoms with Crippen LogP contribution in [0.15, 0.2) is 66.7 Å². The van der Waals surface area contributed by atoms with Crippen molar-refractivity contribution >= 4 is 16.8 Å². The molecule has 27 heavy (non-hydrogen) atoms. The third-order valence-electron chi connectivity index (χ3n) is 4.71. The minimum absolute atomic E-state index is 0.0264. The van der Waals surface area contributed by atoms with Crippen molar-refractivity contribution in [3.05, 3.63) is 83.4 Å². The molecule has 3 aromatic carbocycles. The van der Waals surface area contributed by atoms with Crippen LogP contribution in [-0.2, 0) is 0 Å². The minimum Gasteiger partial charge on any atom is -0.294 e. The normalized spacial score (nSPS) is 10.9. The Balaban J connectivity index is 2.06. The summed E-state index contributed by atoms with van der Waals surface area (Å²) in [7, 11) is 0. The van der Waals surface area contributed by atoms with E-state index in [2.05, 4.69) is 31.2 Å². The summed E-state index contributed by atoms with van der Waals surface area (Å²) in [4.78, 5) is 22.1. The van der Waals surface area contributed by atoms with Gasteiger partial charge in [-0.3, -0.25) is 4.79 Å². The Morgan fingerprint density at radius 3 is 1.96 bits per heavy atom. The van der Waals surface area contributed by atoms with Crippen molar-refractivity contribution in [2.45, 2.75) is 20.8 Å². The zero-order valence-electron chi connectivity index (χ0n) is 15.7. The van der Waals surface area contributed by atoms with E-state index in [1.165, 1.54) is 5.56 Å². The van der Waals surface area contributed by atoms with Gasteiger partial charge in [0.1, 0.15) is 0 Å². The van der Waals surface area contributed by atoms with Gasteiger partial charge in [0.25, 0.3) is 0 Å². The number of benzene rings is 3. The Bertz CT molecular complexity index is 1160. The average molecular weight is 352 g/mol. The highest BCUT2D eigenvalue weighted by molar-refractivity contribution is 6.02. The highest BCUT2D eigenvalue weighted by Gasteiger charge is 2.18. The summed E-state index contributed by atoms with van der Waals surface area (Å²) in [6, 6.07) is 22.0. The lowest BCUT2D eigenvalue weighted by Crippen LogP contribution is -2.02. The van der Waals surface area contributed by atoms with Gasteiger partial charge >= 0.3 is 0 Å². The Morgan fingerprint density at radius 2 is 1.33 bits per heavy atom. The van der Waals surface area contributed by atoms with Gasteiger partial charge in [-0.1, -0.05) is 59.7 Å². The molecule has 132 valence electrons. The van der Waals surface area contributed by atoms with Crippen molar-refractivity contribution in [3.63, 3.8) is 0 Å². The van der Waals surface area contributed by atoms with Gasteiger partial charge in [-0.25, -0.2) is 9.97 Å². The number of carbonyl (C=O) groups is 1. The van der Waals surface area contributed by atoms with E-state index in [0.29, 0.717) is 5.56 Å². The predicted octanol–water partition coefficient (Wildman–Crippen LogP) is 5.78. The molecule has 0 unspecified atom stereocenters. The number of rotatable bonds is 3. The molecule has 0 amide bonds. The van der Waals surface area contributed by atoms with Crippen molar-refractivity contribution in [1.82, 2.24) is 9.97 Å². The van der Waals surface area contributed by atoms with Crippen LogP contribution in [-0.4, -0.2) is 15.8 Å². The molecule has 0 saturated carbocycles. The number of para-hydroxylation sites is 2. The second kappa shape index (κ2) is 6.76. The smallest absolute Gasteiger partial charge is 0.160 e. The van der Waals surface area contributed by atoms with Crippen LogP contribution in [0.3, 0.4) is 0 Å². The summed E-state index contributed by atoms with van der Waals surface area (Å²) in [5.41, 5.74) is 7.91. The van der Waals surface area contributed by atoms with Crippen LogP contribution in [0.25, 0.3) is 33.5 Å². The maximum atomic E-state index is 12.3. The second-order valence-electron chi connectivity index (χ2n) is 6.88. The van der Waals surface area contributed by atoms with E-state index >= 15 is 0 Å². The Labute approximate surface area is 158 Å². The van der Waals surface area contributed by atoms with Crippen LogP contribution >= 0.6 is 0 Å². The van der Waals surface area contributed by atoms with E-state index in [1.807, 2.05) is 49.4 Å². The van der Waals surface area contributed by atoms with E-state index in [0.717, 1.165) is 39.1 Å². The molecule has 1 aromatic heterocycles. The van der Waals surface area contributed by atoms with E-state index in [9.17, 15) is 4.79 Å². The summed E-state index contributed by atoms with van der Waals surface area (Å²) in [6.07, 6.45) is 0. The first-order valence-corrected chi connectivity index (χ1v) is 8.99. The summed E-state index contributed by atoms with van der Waals surface area (Å²) in [6.45, 7) is 5.64. The quantitative estimate of drug-likeness (QED) is 0.439. The molecule has 0 spiro atoms. The van der Waals surface area contributed by atoms with E-state index < -0.39 is 0 Å². The van der Waals surface area contributed by atoms with Crippen molar-refractivity contribution in [3.8, 4) is 22.5 Å². The molecule has 1 heterocycles. The highest BCUT2D eigenvalue weighted by Crippen LogP contribution is 2.33. The van der Waals surface area contributed by atoms with Crippen LogP contribution in [0.2, 0.25) is 0 Å². The molecule has 0 N–H and O–H groups in total. The first-order valence-electron chi connectivity index (χ1n) is 8.99. The SMILES string of the molecule is CC(=O)c1cc(C)ccc1-c1nc2ccccc2nc1-c1ccc(C)cc1. The van der Waals surface area contributed by atoms with Gasteiger partial charge in [-0.05, 0) is 39.0 Å². The number of aryl methyl sites for hydroxylation is 2. The van der Waals surface area contributed by atoms with Gasteiger partial charge in [0.2, 0.25) is 0 Å². The van der Waals surface area contributed by atoms with E-state index in [4.69, 9.17) is 9.97 Å². The van der Waals surface area contributed by atoms with Crippen LogP contribution in [0, 0.1) is 13.8 Å². The maximum absolute atomic E-state index is 12.3. The second-order valence-corrected chi connectivity index (χ2v) is 6.88. The summed E-state index contributed by atoms with van der Waals surface area (Å²) >= 11 is 0. The zero-order chi connectivity index (χ0) is 19.0. The largest absolute Gasteiger partial charge is 0.294 e. The molecule has 0 saturated heterocycles. The monoisotopic (exact) mass is 352 g/mol. The van der Waals surface area contributed by atoms with E-state index in [1.54, 1.807) is 6.92 Å². The Kier molecular flexibility index (Phi) is 4.28. The number of carbonyl (C=O) groups excluding carboxylic acids is 1. The Morgan fingerprint density at radius 1 is 0.741 bits per heavy atom. The molecule has 0 aliphatic rings. The van der Waals surface area contributed by atoms with Crippen LogP contribution < -0.4 is 0 Å². The van der Waals surface area contributed by atoms with Crippen LogP contribution in [0.5, 0.6) is 0 Å². The van der Waals surface area contributed by atoms with Crippen molar-refractivity contribution < 1.29 is 4.79 Å². The van der Waals surface area contributed by atoms with Crippen molar-refractivity contribution in [1.29, 1.82) is 0 Å². The molecular formula is C24H20N2O. The summed E-state index contributed by atoms with van der Waals surface area (Å²) in [5, 5.41) is 0. The third-order valence-corrected chi connectivity index (χ3v) is 4.71. The maximum Gasteiger partial charge on any atom is 0.160 e. The van der Waals surface area contributed by atoms with Gasteiger partial charge in [0, 0.05) is 16.7 Å². The molecule has 3 nitrogen and oxygen atoms in total. The third kappa shape index (κ3) is 3.24. The first-order chi connectivity index (χ1) is 13.0. The minimum atomic E-state index is 0.0264. The van der Waals surface area contributed by atoms with Gasteiger partial charge in [-0.2, -0.15) is 0 Å². The van der Waals surface area contributed by atoms with E-state index in [-0.39, 0.29) is 5.78 Å². The molecule has 0 bridgehead atoms. The fraction of sp³-hybridized carbons (Fsp3) is 0.125.